The number of rotatable bonds is 6. The molecule has 1 atom stereocenters. The predicted molar refractivity (Wildman–Crippen MR) is 84.0 cm³/mol. The van der Waals surface area contributed by atoms with Gasteiger partial charge in [-0.3, -0.25) is 0 Å². The summed E-state index contributed by atoms with van der Waals surface area (Å²) in [5, 5.41) is 3.97. The Kier molecular flexibility index (Phi) is 5.70. The molecule has 1 unspecified atom stereocenters. The first-order valence-corrected chi connectivity index (χ1v) is 7.92. The van der Waals surface area contributed by atoms with Gasteiger partial charge in [0.1, 0.15) is 5.82 Å². The molecule has 0 aliphatic rings. The summed E-state index contributed by atoms with van der Waals surface area (Å²) in [7, 11) is 0. The number of aryl methyl sites for hydroxylation is 1. The van der Waals surface area contributed by atoms with Crippen LogP contribution in [0.3, 0.4) is 0 Å². The van der Waals surface area contributed by atoms with Crippen molar-refractivity contribution in [2.45, 2.75) is 43.3 Å². The fourth-order valence-electron chi connectivity index (χ4n) is 2.01. The summed E-state index contributed by atoms with van der Waals surface area (Å²) in [4.78, 5) is 9.14. The molecule has 0 fully saturated rings. The van der Waals surface area contributed by atoms with E-state index in [1.165, 1.54) is 17.8 Å². The van der Waals surface area contributed by atoms with Crippen LogP contribution in [-0.2, 0) is 0 Å². The van der Waals surface area contributed by atoms with E-state index in [-0.39, 0.29) is 11.9 Å². The van der Waals surface area contributed by atoms with Crippen molar-refractivity contribution in [2.75, 3.05) is 6.54 Å². The molecule has 21 heavy (non-hydrogen) atoms. The van der Waals surface area contributed by atoms with Gasteiger partial charge in [-0.25, -0.2) is 14.4 Å². The number of nitrogens with one attached hydrogen (secondary N) is 1. The highest BCUT2D eigenvalue weighted by Gasteiger charge is 2.16. The van der Waals surface area contributed by atoms with Gasteiger partial charge >= 0.3 is 0 Å². The van der Waals surface area contributed by atoms with Crippen molar-refractivity contribution in [3.8, 4) is 0 Å². The zero-order chi connectivity index (χ0) is 15.2. The summed E-state index contributed by atoms with van der Waals surface area (Å²) in [5.41, 5.74) is 1.82. The fourth-order valence-corrected chi connectivity index (χ4v) is 3.03. The standard InChI is InChI=1S/C16H20FN3S/c1-4-9-18-12(3)13-6-5-7-14(17)15(13)21-16-19-10-8-11(2)20-16/h5-8,10,12,18H,4,9H2,1-3H3. The molecule has 0 radical (unpaired) electrons. The van der Waals surface area contributed by atoms with Gasteiger partial charge in [-0.05, 0) is 56.3 Å². The minimum absolute atomic E-state index is 0.0907. The zero-order valence-electron chi connectivity index (χ0n) is 12.6. The van der Waals surface area contributed by atoms with Crippen LogP contribution in [0.4, 0.5) is 4.39 Å². The lowest BCUT2D eigenvalue weighted by Gasteiger charge is -2.17. The molecule has 1 aromatic heterocycles. The predicted octanol–water partition coefficient (Wildman–Crippen LogP) is 4.14. The van der Waals surface area contributed by atoms with Gasteiger partial charge < -0.3 is 5.32 Å². The van der Waals surface area contributed by atoms with Crippen LogP contribution >= 0.6 is 11.8 Å². The minimum Gasteiger partial charge on any atom is -0.310 e. The van der Waals surface area contributed by atoms with Crippen molar-refractivity contribution in [3.05, 3.63) is 47.5 Å². The maximum Gasteiger partial charge on any atom is 0.192 e. The molecule has 112 valence electrons. The molecule has 0 saturated carbocycles. The largest absolute Gasteiger partial charge is 0.310 e. The quantitative estimate of drug-likeness (QED) is 0.814. The van der Waals surface area contributed by atoms with E-state index in [1.807, 2.05) is 26.0 Å². The third-order valence-electron chi connectivity index (χ3n) is 3.13. The maximum atomic E-state index is 14.2. The van der Waals surface area contributed by atoms with Crippen LogP contribution in [0, 0.1) is 12.7 Å². The Morgan fingerprint density at radius 2 is 2.14 bits per heavy atom. The van der Waals surface area contributed by atoms with Crippen molar-refractivity contribution in [3.63, 3.8) is 0 Å². The van der Waals surface area contributed by atoms with Crippen LogP contribution in [0.5, 0.6) is 0 Å². The number of hydrogen-bond donors (Lipinski definition) is 1. The Hall–Kier alpha value is -1.46. The molecule has 2 aromatic rings. The molecular formula is C16H20FN3S. The van der Waals surface area contributed by atoms with Gasteiger partial charge in [-0.2, -0.15) is 0 Å². The van der Waals surface area contributed by atoms with Crippen LogP contribution in [-0.4, -0.2) is 16.5 Å². The maximum absolute atomic E-state index is 14.2. The molecule has 0 bridgehead atoms. The number of hydrogen-bond acceptors (Lipinski definition) is 4. The van der Waals surface area contributed by atoms with E-state index in [4.69, 9.17) is 0 Å². The first kappa shape index (κ1) is 15.9. The molecule has 5 heteroatoms. The van der Waals surface area contributed by atoms with E-state index in [1.54, 1.807) is 12.3 Å². The van der Waals surface area contributed by atoms with Crippen molar-refractivity contribution in [2.24, 2.45) is 0 Å². The second-order valence-electron chi connectivity index (χ2n) is 4.92. The lowest BCUT2D eigenvalue weighted by atomic mass is 10.1. The average molecular weight is 305 g/mol. The highest BCUT2D eigenvalue weighted by Crippen LogP contribution is 2.33. The average Bonchev–Trinajstić information content (AvgIpc) is 2.47. The van der Waals surface area contributed by atoms with Crippen molar-refractivity contribution in [1.29, 1.82) is 0 Å². The third kappa shape index (κ3) is 4.25. The second kappa shape index (κ2) is 7.52. The summed E-state index contributed by atoms with van der Waals surface area (Å²) in [6, 6.07) is 7.10. The molecule has 1 aromatic carbocycles. The number of aromatic nitrogens is 2. The second-order valence-corrected chi connectivity index (χ2v) is 5.89. The molecule has 1 N–H and O–H groups in total. The number of halogens is 1. The van der Waals surface area contributed by atoms with Gasteiger partial charge in [0.15, 0.2) is 5.16 Å². The van der Waals surface area contributed by atoms with E-state index < -0.39 is 0 Å². The smallest absolute Gasteiger partial charge is 0.192 e. The molecular weight excluding hydrogens is 285 g/mol. The third-order valence-corrected chi connectivity index (χ3v) is 4.14. The van der Waals surface area contributed by atoms with Crippen LogP contribution in [0.15, 0.2) is 40.5 Å². The van der Waals surface area contributed by atoms with E-state index in [0.29, 0.717) is 10.1 Å². The summed E-state index contributed by atoms with van der Waals surface area (Å²) >= 11 is 1.28. The molecule has 1 heterocycles. The number of nitrogens with zero attached hydrogens (tertiary/aromatic N) is 2. The zero-order valence-corrected chi connectivity index (χ0v) is 13.4. The first-order chi connectivity index (χ1) is 10.1. The molecule has 3 nitrogen and oxygen atoms in total. The SMILES string of the molecule is CCCNC(C)c1cccc(F)c1Sc1nccc(C)n1. The van der Waals surface area contributed by atoms with Crippen LogP contribution in [0.25, 0.3) is 0 Å². The Morgan fingerprint density at radius 1 is 1.33 bits per heavy atom. The van der Waals surface area contributed by atoms with Crippen molar-refractivity contribution >= 4 is 11.8 Å². The van der Waals surface area contributed by atoms with Crippen molar-refractivity contribution in [1.82, 2.24) is 15.3 Å². The Balaban J connectivity index is 2.29. The highest BCUT2D eigenvalue weighted by molar-refractivity contribution is 7.99. The fraction of sp³-hybridized carbons (Fsp3) is 0.375. The lowest BCUT2D eigenvalue weighted by Crippen LogP contribution is -2.20. The Bertz CT molecular complexity index is 604. The lowest BCUT2D eigenvalue weighted by molar-refractivity contribution is 0.543. The molecule has 2 rings (SSSR count). The minimum atomic E-state index is -0.229. The van der Waals surface area contributed by atoms with Gasteiger partial charge in [0.2, 0.25) is 0 Å². The van der Waals surface area contributed by atoms with E-state index in [9.17, 15) is 4.39 Å². The summed E-state index contributed by atoms with van der Waals surface area (Å²) in [6.07, 6.45) is 2.74. The Morgan fingerprint density at radius 3 is 2.86 bits per heavy atom. The van der Waals surface area contributed by atoms with Crippen LogP contribution in [0.1, 0.15) is 37.6 Å². The topological polar surface area (TPSA) is 37.8 Å². The summed E-state index contributed by atoms with van der Waals surface area (Å²) in [6.45, 7) is 6.97. The molecule has 0 amide bonds. The van der Waals surface area contributed by atoms with Crippen LogP contribution < -0.4 is 5.32 Å². The van der Waals surface area contributed by atoms with Gasteiger partial charge in [0.05, 0.1) is 4.90 Å². The summed E-state index contributed by atoms with van der Waals surface area (Å²) in [5.74, 6) is -0.229. The van der Waals surface area contributed by atoms with Crippen LogP contribution in [0.2, 0.25) is 0 Å². The highest BCUT2D eigenvalue weighted by atomic mass is 32.2. The Labute approximate surface area is 129 Å². The van der Waals surface area contributed by atoms with E-state index in [0.717, 1.165) is 24.2 Å². The van der Waals surface area contributed by atoms with Gasteiger partial charge in [0.25, 0.3) is 0 Å². The normalized spacial score (nSPS) is 12.4. The van der Waals surface area contributed by atoms with Crippen molar-refractivity contribution < 1.29 is 4.39 Å². The molecule has 0 aliphatic carbocycles. The summed E-state index contributed by atoms with van der Waals surface area (Å²) < 4.78 is 14.2. The van der Waals surface area contributed by atoms with E-state index in [2.05, 4.69) is 22.2 Å². The molecule has 0 saturated heterocycles. The van der Waals surface area contributed by atoms with Gasteiger partial charge in [0, 0.05) is 17.9 Å². The monoisotopic (exact) mass is 305 g/mol. The molecule has 0 spiro atoms. The molecule has 0 aliphatic heterocycles. The number of benzene rings is 1. The first-order valence-electron chi connectivity index (χ1n) is 7.11. The van der Waals surface area contributed by atoms with Gasteiger partial charge in [-0.1, -0.05) is 19.1 Å². The van der Waals surface area contributed by atoms with E-state index >= 15 is 0 Å². The van der Waals surface area contributed by atoms with Gasteiger partial charge in [-0.15, -0.1) is 0 Å².